The van der Waals surface area contributed by atoms with Gasteiger partial charge in [0.05, 0.1) is 20.8 Å². The van der Waals surface area contributed by atoms with Gasteiger partial charge in [-0.2, -0.15) is 0 Å². The maximum Gasteiger partial charge on any atom is 0.263 e. The quantitative estimate of drug-likeness (QED) is 0.859. The minimum Gasteiger partial charge on any atom is -0.390 e. The zero-order valence-electron chi connectivity index (χ0n) is 12.9. The van der Waals surface area contributed by atoms with E-state index in [4.69, 9.17) is 4.74 Å². The molecule has 1 aromatic rings. The first-order chi connectivity index (χ1) is 10.6. The summed E-state index contributed by atoms with van der Waals surface area (Å²) in [6.45, 7) is 4.19. The Morgan fingerprint density at radius 1 is 1.50 bits per heavy atom. The average Bonchev–Trinajstić information content (AvgIpc) is 3.00. The Bertz CT molecular complexity index is 523. The van der Waals surface area contributed by atoms with Crippen molar-refractivity contribution < 1.29 is 14.6 Å². The molecule has 0 unspecified atom stereocenters. The van der Waals surface area contributed by atoms with Gasteiger partial charge in [-0.15, -0.1) is 23.1 Å². The highest BCUT2D eigenvalue weighted by molar-refractivity contribution is 8.01. The molecule has 1 amide bonds. The normalized spacial score (nSPS) is 24.6. The second kappa shape index (κ2) is 6.91. The number of piperidine rings is 1. The number of hydrogen-bond donors (Lipinski definition) is 1. The van der Waals surface area contributed by atoms with Crippen LogP contribution in [-0.2, 0) is 4.74 Å². The number of ether oxygens (including phenoxy) is 1. The van der Waals surface area contributed by atoms with Crippen LogP contribution < -0.4 is 0 Å². The van der Waals surface area contributed by atoms with Crippen LogP contribution in [-0.4, -0.2) is 53.1 Å². The van der Waals surface area contributed by atoms with Gasteiger partial charge in [-0.25, -0.2) is 0 Å². The highest BCUT2D eigenvalue weighted by Crippen LogP contribution is 2.36. The van der Waals surface area contributed by atoms with Crippen molar-refractivity contribution in [3.05, 3.63) is 17.0 Å². The maximum atomic E-state index is 12.6. The molecule has 2 aliphatic heterocycles. The van der Waals surface area contributed by atoms with Crippen LogP contribution >= 0.6 is 23.1 Å². The van der Waals surface area contributed by atoms with Crippen LogP contribution in [0.2, 0.25) is 0 Å². The molecule has 0 aromatic carbocycles. The van der Waals surface area contributed by atoms with E-state index in [1.807, 2.05) is 17.0 Å². The summed E-state index contributed by atoms with van der Waals surface area (Å²) in [5.41, 5.74) is -0.409. The van der Waals surface area contributed by atoms with Crippen LogP contribution in [0, 0.1) is 0 Å². The standard InChI is InChI=1S/C16H23NO3S2/c1-2-21-14-6-5-12(22-14)15(19)17-9-7-16(8-10-17)13(18)4-3-11-20-16/h5-6,13,18H,2-4,7-11H2,1H3/t13-/m0/s1. The minimum atomic E-state index is -0.409. The minimum absolute atomic E-state index is 0.119. The zero-order valence-corrected chi connectivity index (χ0v) is 14.5. The Labute approximate surface area is 139 Å². The fourth-order valence-corrected chi connectivity index (χ4v) is 5.30. The van der Waals surface area contributed by atoms with Gasteiger partial charge in [0, 0.05) is 19.7 Å². The summed E-state index contributed by atoms with van der Waals surface area (Å²) in [6.07, 6.45) is 2.84. The molecule has 6 heteroatoms. The van der Waals surface area contributed by atoms with Gasteiger partial charge in [0.2, 0.25) is 0 Å². The third kappa shape index (κ3) is 3.20. The van der Waals surface area contributed by atoms with Crippen molar-refractivity contribution in [2.45, 2.75) is 48.5 Å². The van der Waals surface area contributed by atoms with Gasteiger partial charge in [0.15, 0.2) is 0 Å². The fourth-order valence-electron chi connectivity index (χ4n) is 3.29. The predicted molar refractivity (Wildman–Crippen MR) is 89.8 cm³/mol. The number of thiophene rings is 1. The highest BCUT2D eigenvalue weighted by atomic mass is 32.2. The second-order valence-electron chi connectivity index (χ2n) is 5.92. The Balaban J connectivity index is 1.61. The molecule has 2 saturated heterocycles. The molecule has 0 radical (unpaired) electrons. The summed E-state index contributed by atoms with van der Waals surface area (Å²) >= 11 is 3.35. The molecule has 3 heterocycles. The van der Waals surface area contributed by atoms with Crippen molar-refractivity contribution in [2.24, 2.45) is 0 Å². The van der Waals surface area contributed by atoms with Crippen molar-refractivity contribution in [2.75, 3.05) is 25.4 Å². The average molecular weight is 341 g/mol. The number of amides is 1. The van der Waals surface area contributed by atoms with E-state index < -0.39 is 5.60 Å². The first-order valence-electron chi connectivity index (χ1n) is 7.98. The van der Waals surface area contributed by atoms with E-state index in [1.54, 1.807) is 23.1 Å². The number of aliphatic hydroxyl groups is 1. The lowest BCUT2D eigenvalue weighted by atomic mass is 9.82. The molecular weight excluding hydrogens is 318 g/mol. The summed E-state index contributed by atoms with van der Waals surface area (Å²) in [5, 5.41) is 10.3. The fraction of sp³-hybridized carbons (Fsp3) is 0.688. The lowest BCUT2D eigenvalue weighted by Gasteiger charge is -2.46. The molecule has 122 valence electrons. The number of rotatable bonds is 3. The van der Waals surface area contributed by atoms with Crippen molar-refractivity contribution in [1.82, 2.24) is 4.90 Å². The highest BCUT2D eigenvalue weighted by Gasteiger charge is 2.44. The molecular formula is C16H23NO3S2. The molecule has 2 aliphatic rings. The van der Waals surface area contributed by atoms with E-state index in [0.717, 1.165) is 42.9 Å². The molecule has 0 aliphatic carbocycles. The number of nitrogens with zero attached hydrogens (tertiary/aromatic N) is 1. The van der Waals surface area contributed by atoms with E-state index >= 15 is 0 Å². The van der Waals surface area contributed by atoms with Crippen LogP contribution in [0.15, 0.2) is 16.3 Å². The molecule has 1 spiro atoms. The first kappa shape index (κ1) is 16.3. The van der Waals surface area contributed by atoms with Crippen molar-refractivity contribution in [3.8, 4) is 0 Å². The zero-order chi connectivity index (χ0) is 15.6. The molecule has 1 atom stereocenters. The topological polar surface area (TPSA) is 49.8 Å². The molecule has 1 N–H and O–H groups in total. The Kier molecular flexibility index (Phi) is 5.12. The molecule has 0 bridgehead atoms. The van der Waals surface area contributed by atoms with Crippen molar-refractivity contribution in [1.29, 1.82) is 0 Å². The predicted octanol–water partition coefficient (Wildman–Crippen LogP) is 3.01. The van der Waals surface area contributed by atoms with Gasteiger partial charge in [0.25, 0.3) is 5.91 Å². The molecule has 1 aromatic heterocycles. The van der Waals surface area contributed by atoms with Crippen LogP contribution in [0.4, 0.5) is 0 Å². The third-order valence-corrected chi connectivity index (χ3v) is 6.78. The van der Waals surface area contributed by atoms with Gasteiger partial charge in [-0.3, -0.25) is 4.79 Å². The van der Waals surface area contributed by atoms with Gasteiger partial charge in [-0.1, -0.05) is 6.92 Å². The summed E-state index contributed by atoms with van der Waals surface area (Å²) in [5.74, 6) is 1.14. The largest absolute Gasteiger partial charge is 0.390 e. The van der Waals surface area contributed by atoms with Crippen LogP contribution in [0.3, 0.4) is 0 Å². The monoisotopic (exact) mass is 341 g/mol. The van der Waals surface area contributed by atoms with Crippen molar-refractivity contribution >= 4 is 29.0 Å². The number of likely N-dealkylation sites (tertiary alicyclic amines) is 1. The van der Waals surface area contributed by atoms with Crippen molar-refractivity contribution in [3.63, 3.8) is 0 Å². The Morgan fingerprint density at radius 3 is 2.95 bits per heavy atom. The van der Waals surface area contributed by atoms with Gasteiger partial charge in [-0.05, 0) is 43.6 Å². The van der Waals surface area contributed by atoms with E-state index in [1.165, 1.54) is 4.21 Å². The molecule has 2 fully saturated rings. The maximum absolute atomic E-state index is 12.6. The SMILES string of the molecule is CCSc1ccc(C(=O)N2CCC3(CC2)OCCC[C@@H]3O)s1. The van der Waals surface area contributed by atoms with E-state index in [-0.39, 0.29) is 12.0 Å². The lowest BCUT2D eigenvalue weighted by molar-refractivity contribution is -0.174. The van der Waals surface area contributed by atoms with Crippen LogP contribution in [0.25, 0.3) is 0 Å². The number of hydrogen-bond acceptors (Lipinski definition) is 5. The van der Waals surface area contributed by atoms with Gasteiger partial charge in [0.1, 0.15) is 0 Å². The molecule has 3 rings (SSSR count). The number of carbonyl (C=O) groups is 1. The third-order valence-electron chi connectivity index (χ3n) is 4.59. The summed E-state index contributed by atoms with van der Waals surface area (Å²) in [4.78, 5) is 15.3. The summed E-state index contributed by atoms with van der Waals surface area (Å²) < 4.78 is 7.10. The van der Waals surface area contributed by atoms with E-state index in [9.17, 15) is 9.90 Å². The van der Waals surface area contributed by atoms with Gasteiger partial charge >= 0.3 is 0 Å². The van der Waals surface area contributed by atoms with E-state index in [2.05, 4.69) is 6.92 Å². The lowest BCUT2D eigenvalue weighted by Crippen LogP contribution is -2.56. The summed E-state index contributed by atoms with van der Waals surface area (Å²) in [7, 11) is 0. The second-order valence-corrected chi connectivity index (χ2v) is 8.56. The molecule has 4 nitrogen and oxygen atoms in total. The molecule has 22 heavy (non-hydrogen) atoms. The van der Waals surface area contributed by atoms with E-state index in [0.29, 0.717) is 13.1 Å². The molecule has 0 saturated carbocycles. The van der Waals surface area contributed by atoms with Crippen LogP contribution in [0.5, 0.6) is 0 Å². The number of carbonyl (C=O) groups excluding carboxylic acids is 1. The van der Waals surface area contributed by atoms with Crippen LogP contribution in [0.1, 0.15) is 42.3 Å². The number of aliphatic hydroxyl groups excluding tert-OH is 1. The smallest absolute Gasteiger partial charge is 0.263 e. The number of thioether (sulfide) groups is 1. The first-order valence-corrected chi connectivity index (χ1v) is 9.79. The van der Waals surface area contributed by atoms with Gasteiger partial charge < -0.3 is 14.7 Å². The Hall–Kier alpha value is -0.560. The summed E-state index contributed by atoms with van der Waals surface area (Å²) in [6, 6.07) is 3.97. The Morgan fingerprint density at radius 2 is 2.27 bits per heavy atom.